The normalized spacial score (nSPS) is 17.6. The second-order valence-electron chi connectivity index (χ2n) is 5.39. The Kier molecular flexibility index (Phi) is 4.17. The number of carbonyl (C=O) groups is 1. The number of nitrogens with zero attached hydrogens (tertiary/aromatic N) is 2. The van der Waals surface area contributed by atoms with Crippen LogP contribution in [-0.2, 0) is 4.79 Å². The van der Waals surface area contributed by atoms with Crippen molar-refractivity contribution in [1.82, 2.24) is 0 Å². The molecular weight excluding hydrogens is 378 g/mol. The summed E-state index contributed by atoms with van der Waals surface area (Å²) >= 11 is 9.91. The Balaban J connectivity index is 2.37. The van der Waals surface area contributed by atoms with Gasteiger partial charge in [0.15, 0.2) is 0 Å². The van der Waals surface area contributed by atoms with Gasteiger partial charge < -0.3 is 10.6 Å². The molecule has 2 N–H and O–H groups in total. The van der Waals surface area contributed by atoms with Crippen molar-refractivity contribution >= 4 is 50.5 Å². The lowest BCUT2D eigenvalue weighted by molar-refractivity contribution is -0.119. The quantitative estimate of drug-likeness (QED) is 0.749. The van der Waals surface area contributed by atoms with Crippen LogP contribution in [0.3, 0.4) is 0 Å². The maximum Gasteiger partial charge on any atom is 0.251 e. The number of benzene rings is 2. The molecule has 4 nitrogen and oxygen atoms in total. The van der Waals surface area contributed by atoms with Crippen molar-refractivity contribution in [1.29, 1.82) is 0 Å². The van der Waals surface area contributed by atoms with Crippen LogP contribution in [0.1, 0.15) is 18.1 Å². The van der Waals surface area contributed by atoms with E-state index >= 15 is 0 Å². The fourth-order valence-electron chi connectivity index (χ4n) is 2.66. The molecule has 2 aromatic carbocycles. The summed E-state index contributed by atoms with van der Waals surface area (Å²) in [7, 11) is 1.74. The molecule has 0 aliphatic carbocycles. The molecule has 6 heteroatoms. The summed E-state index contributed by atoms with van der Waals surface area (Å²) in [6.45, 7) is 1.78. The Morgan fingerprint density at radius 1 is 1.26 bits per heavy atom. The number of anilines is 2. The van der Waals surface area contributed by atoms with Crippen LogP contribution >= 0.6 is 27.5 Å². The third-order valence-electron chi connectivity index (χ3n) is 3.89. The number of amides is 1. The molecule has 1 aliphatic heterocycles. The molecule has 1 heterocycles. The summed E-state index contributed by atoms with van der Waals surface area (Å²) < 4.78 is 0.711. The molecule has 0 unspecified atom stereocenters. The predicted octanol–water partition coefficient (Wildman–Crippen LogP) is 3.89. The summed E-state index contributed by atoms with van der Waals surface area (Å²) in [5.74, 6) is -0.0787. The number of halogens is 2. The van der Waals surface area contributed by atoms with Crippen molar-refractivity contribution in [2.24, 2.45) is 4.99 Å². The van der Waals surface area contributed by atoms with Crippen LogP contribution in [0.15, 0.2) is 45.9 Å². The van der Waals surface area contributed by atoms with Gasteiger partial charge in [0, 0.05) is 28.9 Å². The summed E-state index contributed by atoms with van der Waals surface area (Å²) in [5.41, 5.74) is 9.59. The fraction of sp³-hybridized carbons (Fsp3) is 0.176. The molecule has 118 valence electrons. The van der Waals surface area contributed by atoms with E-state index in [-0.39, 0.29) is 5.91 Å². The average molecular weight is 393 g/mol. The molecule has 0 bridgehead atoms. The van der Waals surface area contributed by atoms with Crippen molar-refractivity contribution in [3.63, 3.8) is 0 Å². The molecule has 1 aliphatic rings. The Bertz CT molecular complexity index is 835. The minimum atomic E-state index is -0.508. The topological polar surface area (TPSA) is 58.7 Å². The second-order valence-corrected chi connectivity index (χ2v) is 6.59. The van der Waals surface area contributed by atoms with E-state index in [0.29, 0.717) is 20.9 Å². The first-order valence-corrected chi connectivity index (χ1v) is 8.27. The molecule has 23 heavy (non-hydrogen) atoms. The van der Waals surface area contributed by atoms with Gasteiger partial charge in [0.05, 0.1) is 15.9 Å². The smallest absolute Gasteiger partial charge is 0.251 e. The third kappa shape index (κ3) is 2.64. The van der Waals surface area contributed by atoms with Crippen LogP contribution < -0.4 is 10.6 Å². The van der Waals surface area contributed by atoms with Crippen molar-refractivity contribution in [3.05, 3.63) is 57.0 Å². The van der Waals surface area contributed by atoms with Gasteiger partial charge in [-0.15, -0.1) is 0 Å². The zero-order valence-electron chi connectivity index (χ0n) is 12.7. The van der Waals surface area contributed by atoms with Crippen LogP contribution in [0.4, 0.5) is 11.4 Å². The number of hydrogen-bond donors (Lipinski definition) is 1. The lowest BCUT2D eigenvalue weighted by Gasteiger charge is -2.20. The van der Waals surface area contributed by atoms with Gasteiger partial charge in [-0.05, 0) is 41.1 Å². The Hall–Kier alpha value is -1.85. The number of likely N-dealkylation sites (N-methyl/N-ethyl adjacent to an activating group) is 1. The molecule has 1 atom stereocenters. The van der Waals surface area contributed by atoms with E-state index in [1.807, 2.05) is 24.3 Å². The minimum absolute atomic E-state index is 0.0787. The number of benzodiazepines with no additional fused rings is 1. The van der Waals surface area contributed by atoms with Crippen LogP contribution in [0.5, 0.6) is 0 Å². The van der Waals surface area contributed by atoms with Crippen molar-refractivity contribution in [2.75, 3.05) is 17.7 Å². The molecular formula is C17H15BrClN3O. The first-order valence-electron chi connectivity index (χ1n) is 7.10. The van der Waals surface area contributed by atoms with Crippen LogP contribution in [-0.4, -0.2) is 24.7 Å². The first-order chi connectivity index (χ1) is 10.9. The lowest BCUT2D eigenvalue weighted by atomic mass is 9.99. The number of aliphatic imine (C=N–C) groups is 1. The number of rotatable bonds is 1. The van der Waals surface area contributed by atoms with Gasteiger partial charge in [-0.3, -0.25) is 9.79 Å². The van der Waals surface area contributed by atoms with Crippen molar-refractivity contribution in [2.45, 2.75) is 13.0 Å². The van der Waals surface area contributed by atoms with Crippen molar-refractivity contribution < 1.29 is 4.79 Å². The molecule has 0 fully saturated rings. The minimum Gasteiger partial charge on any atom is -0.398 e. The summed E-state index contributed by atoms with van der Waals surface area (Å²) in [6, 6.07) is 10.5. The number of carbonyl (C=O) groups excluding carboxylic acids is 1. The summed E-state index contributed by atoms with van der Waals surface area (Å²) in [5, 5.41) is 0.579. The zero-order chi connectivity index (χ0) is 16.7. The van der Waals surface area contributed by atoms with E-state index in [4.69, 9.17) is 17.3 Å². The Morgan fingerprint density at radius 3 is 2.65 bits per heavy atom. The second kappa shape index (κ2) is 5.98. The van der Waals surface area contributed by atoms with E-state index in [0.717, 1.165) is 16.8 Å². The number of fused-ring (bicyclic) bond motifs is 1. The third-order valence-corrected chi connectivity index (χ3v) is 5.07. The van der Waals surface area contributed by atoms with E-state index in [9.17, 15) is 4.79 Å². The Morgan fingerprint density at radius 2 is 1.96 bits per heavy atom. The van der Waals surface area contributed by atoms with Gasteiger partial charge in [-0.25, -0.2) is 0 Å². The number of nitrogen functional groups attached to an aromatic ring is 1. The molecule has 0 saturated heterocycles. The van der Waals surface area contributed by atoms with Crippen LogP contribution in [0.25, 0.3) is 0 Å². The van der Waals surface area contributed by atoms with E-state index in [2.05, 4.69) is 20.9 Å². The van der Waals surface area contributed by atoms with E-state index in [1.54, 1.807) is 31.0 Å². The molecule has 2 aromatic rings. The van der Waals surface area contributed by atoms with Gasteiger partial charge in [-0.2, -0.15) is 0 Å². The van der Waals surface area contributed by atoms with Crippen LogP contribution in [0, 0.1) is 0 Å². The number of nitrogens with two attached hydrogens (primary N) is 1. The molecule has 0 radical (unpaired) electrons. The summed E-state index contributed by atoms with van der Waals surface area (Å²) in [4.78, 5) is 18.8. The standard InChI is InChI=1S/C17H15BrClN3O/c1-9-17(23)22(2)13-8-7-12(20)15(18)14(13)16(21-9)10-5-3-4-6-11(10)19/h3-9H,20H2,1-2H3/t9-/m0/s1. The van der Waals surface area contributed by atoms with Gasteiger partial charge in [0.25, 0.3) is 5.91 Å². The lowest BCUT2D eigenvalue weighted by Crippen LogP contribution is -2.33. The Labute approximate surface area is 148 Å². The van der Waals surface area contributed by atoms with Crippen molar-refractivity contribution in [3.8, 4) is 0 Å². The molecule has 3 rings (SSSR count). The van der Waals surface area contributed by atoms with E-state index in [1.165, 1.54) is 0 Å². The first kappa shape index (κ1) is 16.0. The molecule has 0 aromatic heterocycles. The highest BCUT2D eigenvalue weighted by Gasteiger charge is 2.30. The summed E-state index contributed by atoms with van der Waals surface area (Å²) in [6.07, 6.45) is 0. The molecule has 0 saturated carbocycles. The SMILES string of the molecule is C[C@@H]1N=C(c2ccccc2Cl)c2c(ccc(N)c2Br)N(C)C1=O. The largest absolute Gasteiger partial charge is 0.398 e. The van der Waals surface area contributed by atoms with Crippen LogP contribution in [0.2, 0.25) is 5.02 Å². The highest BCUT2D eigenvalue weighted by atomic mass is 79.9. The highest BCUT2D eigenvalue weighted by Crippen LogP contribution is 2.37. The maximum atomic E-state index is 12.5. The monoisotopic (exact) mass is 391 g/mol. The van der Waals surface area contributed by atoms with E-state index < -0.39 is 6.04 Å². The fourth-order valence-corrected chi connectivity index (χ4v) is 3.40. The van der Waals surface area contributed by atoms with Gasteiger partial charge >= 0.3 is 0 Å². The molecule has 0 spiro atoms. The highest BCUT2D eigenvalue weighted by molar-refractivity contribution is 9.10. The molecule has 1 amide bonds. The predicted molar refractivity (Wildman–Crippen MR) is 98.5 cm³/mol. The maximum absolute atomic E-state index is 12.5. The zero-order valence-corrected chi connectivity index (χ0v) is 15.0. The van der Waals surface area contributed by atoms with Gasteiger partial charge in [0.2, 0.25) is 0 Å². The number of hydrogen-bond acceptors (Lipinski definition) is 3. The van der Waals surface area contributed by atoms with Gasteiger partial charge in [0.1, 0.15) is 6.04 Å². The van der Waals surface area contributed by atoms with Gasteiger partial charge in [-0.1, -0.05) is 29.8 Å². The average Bonchev–Trinajstić information content (AvgIpc) is 2.62.